The quantitative estimate of drug-likeness (QED) is 0.765. The second-order valence-electron chi connectivity index (χ2n) is 6.48. The third-order valence-electron chi connectivity index (χ3n) is 4.74. The van der Waals surface area contributed by atoms with Gasteiger partial charge in [-0.3, -0.25) is 4.79 Å². The van der Waals surface area contributed by atoms with Crippen molar-refractivity contribution in [3.05, 3.63) is 18.2 Å². The van der Waals surface area contributed by atoms with E-state index in [2.05, 4.69) is 4.72 Å². The molecule has 2 fully saturated rings. The number of morpholine rings is 1. The van der Waals surface area contributed by atoms with Gasteiger partial charge in [-0.2, -0.15) is 12.7 Å². The molecule has 1 amide bonds. The molecule has 2 saturated heterocycles. The predicted molar refractivity (Wildman–Crippen MR) is 92.3 cm³/mol. The highest BCUT2D eigenvalue weighted by Crippen LogP contribution is 2.37. The van der Waals surface area contributed by atoms with Crippen LogP contribution in [0.2, 0.25) is 0 Å². The first-order chi connectivity index (χ1) is 12.5. The zero-order chi connectivity index (χ0) is 18.1. The number of nitrogens with zero attached hydrogens (tertiary/aromatic N) is 2. The van der Waals surface area contributed by atoms with Crippen molar-refractivity contribution in [3.63, 3.8) is 0 Å². The molecular weight excluding hydrogens is 362 g/mol. The summed E-state index contributed by atoms with van der Waals surface area (Å²) in [7, 11) is -3.54. The largest absolute Gasteiger partial charge is 0.454 e. The molecule has 142 valence electrons. The molecule has 0 radical (unpaired) electrons. The van der Waals surface area contributed by atoms with Crippen LogP contribution < -0.4 is 19.1 Å². The average molecular weight is 383 g/mol. The summed E-state index contributed by atoms with van der Waals surface area (Å²) in [6.07, 6.45) is 0.306. The Morgan fingerprint density at radius 1 is 1.15 bits per heavy atom. The van der Waals surface area contributed by atoms with E-state index in [1.165, 1.54) is 4.31 Å². The fourth-order valence-electron chi connectivity index (χ4n) is 3.32. The molecule has 0 saturated carbocycles. The van der Waals surface area contributed by atoms with E-state index in [0.717, 1.165) is 5.69 Å². The first kappa shape index (κ1) is 17.5. The van der Waals surface area contributed by atoms with E-state index in [4.69, 9.17) is 14.2 Å². The summed E-state index contributed by atoms with van der Waals surface area (Å²) < 4.78 is 44.5. The van der Waals surface area contributed by atoms with Gasteiger partial charge in [-0.15, -0.1) is 0 Å². The van der Waals surface area contributed by atoms with Crippen LogP contribution >= 0.6 is 0 Å². The number of amides is 1. The fourth-order valence-corrected chi connectivity index (χ4v) is 4.58. The molecule has 1 unspecified atom stereocenters. The molecule has 0 bridgehead atoms. The Bertz CT molecular complexity index is 793. The number of carbonyl (C=O) groups is 1. The SMILES string of the molecule is O=C1CC(CNS(=O)(=O)N2CCOCC2)CN1c1ccc2c(c1)OCO2. The lowest BCUT2D eigenvalue weighted by molar-refractivity contribution is -0.117. The van der Waals surface area contributed by atoms with Crippen molar-refractivity contribution in [1.82, 2.24) is 9.03 Å². The summed E-state index contributed by atoms with van der Waals surface area (Å²) in [5, 5.41) is 0. The van der Waals surface area contributed by atoms with Crippen LogP contribution in [0.1, 0.15) is 6.42 Å². The van der Waals surface area contributed by atoms with Gasteiger partial charge in [-0.1, -0.05) is 0 Å². The minimum atomic E-state index is -3.54. The Balaban J connectivity index is 1.37. The maximum absolute atomic E-state index is 12.4. The first-order valence-corrected chi connectivity index (χ1v) is 9.99. The smallest absolute Gasteiger partial charge is 0.279 e. The molecular formula is C16H21N3O6S. The summed E-state index contributed by atoms with van der Waals surface area (Å²) in [5.41, 5.74) is 0.734. The molecule has 0 aliphatic carbocycles. The first-order valence-electron chi connectivity index (χ1n) is 8.55. The van der Waals surface area contributed by atoms with Crippen molar-refractivity contribution in [1.29, 1.82) is 0 Å². The topological polar surface area (TPSA) is 97.4 Å². The van der Waals surface area contributed by atoms with Crippen LogP contribution in [0, 0.1) is 5.92 Å². The Kier molecular flexibility index (Phi) is 4.74. The van der Waals surface area contributed by atoms with Gasteiger partial charge in [0, 0.05) is 44.4 Å². The summed E-state index contributed by atoms with van der Waals surface area (Å²) in [6.45, 7) is 2.38. The Morgan fingerprint density at radius 3 is 2.73 bits per heavy atom. The molecule has 1 aromatic rings. The molecule has 1 N–H and O–H groups in total. The van der Waals surface area contributed by atoms with Gasteiger partial charge >= 0.3 is 0 Å². The number of carbonyl (C=O) groups excluding carboxylic acids is 1. The highest BCUT2D eigenvalue weighted by molar-refractivity contribution is 7.87. The van der Waals surface area contributed by atoms with Crippen molar-refractivity contribution in [2.24, 2.45) is 5.92 Å². The minimum Gasteiger partial charge on any atom is -0.454 e. The number of rotatable bonds is 5. The summed E-state index contributed by atoms with van der Waals surface area (Å²) in [4.78, 5) is 14.0. The van der Waals surface area contributed by atoms with Gasteiger partial charge in [0.05, 0.1) is 13.2 Å². The van der Waals surface area contributed by atoms with Gasteiger partial charge in [-0.25, -0.2) is 4.72 Å². The standard InChI is InChI=1S/C16H21N3O6S/c20-16-7-12(9-17-26(21,22)18-3-5-23-6-4-18)10-19(16)13-1-2-14-15(8-13)25-11-24-14/h1-2,8,12,17H,3-7,9-11H2. The van der Waals surface area contributed by atoms with Gasteiger partial charge < -0.3 is 19.1 Å². The minimum absolute atomic E-state index is 0.0283. The number of hydrogen-bond donors (Lipinski definition) is 1. The average Bonchev–Trinajstić information content (AvgIpc) is 3.26. The van der Waals surface area contributed by atoms with E-state index in [-0.39, 0.29) is 25.2 Å². The van der Waals surface area contributed by atoms with Crippen LogP contribution in [-0.2, 0) is 19.7 Å². The monoisotopic (exact) mass is 383 g/mol. The second-order valence-corrected chi connectivity index (χ2v) is 8.23. The molecule has 3 aliphatic rings. The van der Waals surface area contributed by atoms with E-state index in [1.807, 2.05) is 6.07 Å². The van der Waals surface area contributed by atoms with Crippen LogP contribution in [0.4, 0.5) is 5.69 Å². The maximum Gasteiger partial charge on any atom is 0.279 e. The van der Waals surface area contributed by atoms with Crippen molar-refractivity contribution in [2.75, 3.05) is 51.1 Å². The second kappa shape index (κ2) is 7.03. The number of fused-ring (bicyclic) bond motifs is 1. The predicted octanol–water partition coefficient (Wildman–Crippen LogP) is -0.0652. The molecule has 10 heteroatoms. The van der Waals surface area contributed by atoms with Crippen molar-refractivity contribution >= 4 is 21.8 Å². The van der Waals surface area contributed by atoms with E-state index in [0.29, 0.717) is 50.8 Å². The lowest BCUT2D eigenvalue weighted by Crippen LogP contribution is -2.47. The molecule has 3 aliphatic heterocycles. The number of ether oxygens (including phenoxy) is 3. The van der Waals surface area contributed by atoms with Gasteiger partial charge in [-0.05, 0) is 18.1 Å². The number of nitrogens with one attached hydrogen (secondary N) is 1. The molecule has 1 atom stereocenters. The van der Waals surface area contributed by atoms with Crippen LogP contribution in [0.3, 0.4) is 0 Å². The Labute approximate surface area is 152 Å². The number of hydrogen-bond acceptors (Lipinski definition) is 6. The van der Waals surface area contributed by atoms with E-state index in [1.54, 1.807) is 17.0 Å². The maximum atomic E-state index is 12.4. The Hall–Kier alpha value is -1.88. The van der Waals surface area contributed by atoms with Crippen molar-refractivity contribution < 1.29 is 27.4 Å². The summed E-state index contributed by atoms with van der Waals surface area (Å²) in [5.74, 6) is 1.17. The van der Waals surface area contributed by atoms with E-state index in [9.17, 15) is 13.2 Å². The van der Waals surface area contributed by atoms with Gasteiger partial charge in [0.1, 0.15) is 0 Å². The zero-order valence-corrected chi connectivity index (χ0v) is 15.0. The fraction of sp³-hybridized carbons (Fsp3) is 0.562. The molecule has 9 nitrogen and oxygen atoms in total. The highest BCUT2D eigenvalue weighted by Gasteiger charge is 2.33. The molecule has 4 rings (SSSR count). The summed E-state index contributed by atoms with van der Waals surface area (Å²) >= 11 is 0. The van der Waals surface area contributed by atoms with Crippen molar-refractivity contribution in [2.45, 2.75) is 6.42 Å². The van der Waals surface area contributed by atoms with Gasteiger partial charge in [0.2, 0.25) is 12.7 Å². The lowest BCUT2D eigenvalue weighted by atomic mass is 10.1. The molecule has 3 heterocycles. The van der Waals surface area contributed by atoms with E-state index < -0.39 is 10.2 Å². The molecule has 26 heavy (non-hydrogen) atoms. The van der Waals surface area contributed by atoms with Crippen LogP contribution in [0.5, 0.6) is 11.5 Å². The number of anilines is 1. The van der Waals surface area contributed by atoms with Gasteiger partial charge in [0.25, 0.3) is 10.2 Å². The van der Waals surface area contributed by atoms with Gasteiger partial charge in [0.15, 0.2) is 11.5 Å². The normalized spacial score (nSPS) is 23.6. The Morgan fingerprint density at radius 2 is 1.92 bits per heavy atom. The lowest BCUT2D eigenvalue weighted by Gasteiger charge is -2.26. The number of benzene rings is 1. The third-order valence-corrected chi connectivity index (χ3v) is 6.31. The molecule has 1 aromatic carbocycles. The molecule has 0 aromatic heterocycles. The molecule has 0 spiro atoms. The van der Waals surface area contributed by atoms with Crippen molar-refractivity contribution in [3.8, 4) is 11.5 Å². The van der Waals surface area contributed by atoms with Crippen LogP contribution in [0.25, 0.3) is 0 Å². The third kappa shape index (κ3) is 3.50. The van der Waals surface area contributed by atoms with Crippen LogP contribution in [-0.4, -0.2) is 64.8 Å². The summed E-state index contributed by atoms with van der Waals surface area (Å²) in [6, 6.07) is 5.37. The van der Waals surface area contributed by atoms with E-state index >= 15 is 0 Å². The van der Waals surface area contributed by atoms with Crippen LogP contribution in [0.15, 0.2) is 18.2 Å². The zero-order valence-electron chi connectivity index (χ0n) is 14.2. The highest BCUT2D eigenvalue weighted by atomic mass is 32.2.